The average molecular weight is 280 g/mol. The van der Waals surface area contributed by atoms with Crippen LogP contribution >= 0.6 is 0 Å². The Kier molecular flexibility index (Phi) is 5.44. The Balaban J connectivity index is 1.57. The van der Waals surface area contributed by atoms with Gasteiger partial charge < -0.3 is 0 Å². The van der Waals surface area contributed by atoms with Gasteiger partial charge in [-0.2, -0.15) is 0 Å². The normalized spacial score (nSPS) is 30.7. The van der Waals surface area contributed by atoms with Gasteiger partial charge >= 0.3 is 0 Å². The van der Waals surface area contributed by atoms with E-state index in [1.165, 1.54) is 25.7 Å². The number of amides is 2. The molecule has 0 unspecified atom stereocenters. The van der Waals surface area contributed by atoms with E-state index in [9.17, 15) is 9.59 Å². The van der Waals surface area contributed by atoms with Crippen LogP contribution in [0.1, 0.15) is 65.2 Å². The van der Waals surface area contributed by atoms with Crippen molar-refractivity contribution >= 4 is 11.8 Å². The van der Waals surface area contributed by atoms with Gasteiger partial charge in [-0.15, -0.1) is 0 Å². The van der Waals surface area contributed by atoms with Crippen molar-refractivity contribution in [2.45, 2.75) is 65.2 Å². The summed E-state index contributed by atoms with van der Waals surface area (Å²) in [5.74, 6) is 1.37. The molecule has 0 aromatic rings. The van der Waals surface area contributed by atoms with Gasteiger partial charge in [-0.25, -0.2) is 0 Å². The first-order chi connectivity index (χ1) is 9.67. The van der Waals surface area contributed by atoms with E-state index in [1.807, 2.05) is 0 Å². The van der Waals surface area contributed by atoms with Gasteiger partial charge in [0.1, 0.15) is 0 Å². The van der Waals surface area contributed by atoms with Gasteiger partial charge in [0.25, 0.3) is 0 Å². The first-order valence-corrected chi connectivity index (χ1v) is 8.27. The highest BCUT2D eigenvalue weighted by Gasteiger charge is 2.44. The molecule has 4 atom stereocenters. The summed E-state index contributed by atoms with van der Waals surface area (Å²) in [6, 6.07) is 0. The van der Waals surface area contributed by atoms with Crippen LogP contribution in [-0.4, -0.2) is 11.8 Å². The van der Waals surface area contributed by atoms with Gasteiger partial charge in [-0.05, 0) is 37.5 Å². The zero-order valence-corrected chi connectivity index (χ0v) is 12.8. The Labute approximate surface area is 122 Å². The molecular weight excluding hydrogens is 252 g/mol. The summed E-state index contributed by atoms with van der Waals surface area (Å²) in [4.78, 5) is 23.7. The second-order valence-electron chi connectivity index (χ2n) is 6.47. The Morgan fingerprint density at radius 2 is 1.25 bits per heavy atom. The Morgan fingerprint density at radius 1 is 0.850 bits per heavy atom. The molecule has 0 radical (unpaired) electrons. The Morgan fingerprint density at radius 3 is 1.60 bits per heavy atom. The predicted octanol–water partition coefficient (Wildman–Crippen LogP) is 2.79. The molecule has 0 spiro atoms. The molecule has 0 aromatic heterocycles. The quantitative estimate of drug-likeness (QED) is 0.672. The fourth-order valence-electron chi connectivity index (χ4n) is 3.02. The minimum absolute atomic E-state index is 0.00483. The lowest BCUT2D eigenvalue weighted by Gasteiger charge is -2.07. The molecule has 0 aliphatic heterocycles. The Bertz CT molecular complexity index is 322. The van der Waals surface area contributed by atoms with Gasteiger partial charge in [0, 0.05) is 11.8 Å². The summed E-state index contributed by atoms with van der Waals surface area (Å²) in [7, 11) is 0. The molecule has 0 heterocycles. The lowest BCUT2D eigenvalue weighted by atomic mass is 10.1. The van der Waals surface area contributed by atoms with E-state index in [1.54, 1.807) is 0 Å². The lowest BCUT2D eigenvalue weighted by Crippen LogP contribution is -2.43. The maximum atomic E-state index is 11.9. The van der Waals surface area contributed by atoms with Crippen LogP contribution in [-0.2, 0) is 9.59 Å². The number of unbranched alkanes of at least 4 members (excludes halogenated alkanes) is 2. The van der Waals surface area contributed by atoms with Crippen LogP contribution in [0.25, 0.3) is 0 Å². The lowest BCUT2D eigenvalue weighted by molar-refractivity contribution is -0.130. The molecule has 4 heteroatoms. The SMILES string of the molecule is CCCC[C@@H]1C[C@@H]1C(=O)NNC(=O)[C@H]1C[C@@H]1CCCC. The number of carbonyl (C=O) groups excluding carboxylic acids is 2. The fourth-order valence-corrected chi connectivity index (χ4v) is 3.02. The van der Waals surface area contributed by atoms with E-state index in [0.717, 1.165) is 25.7 Å². The van der Waals surface area contributed by atoms with Crippen LogP contribution in [0, 0.1) is 23.7 Å². The maximum Gasteiger partial charge on any atom is 0.241 e. The zero-order chi connectivity index (χ0) is 14.5. The van der Waals surface area contributed by atoms with Crippen LogP contribution in [0.15, 0.2) is 0 Å². The predicted molar refractivity (Wildman–Crippen MR) is 78.5 cm³/mol. The summed E-state index contributed by atoms with van der Waals surface area (Å²) in [5, 5.41) is 0. The van der Waals surface area contributed by atoms with Gasteiger partial charge in [-0.3, -0.25) is 20.4 Å². The highest BCUT2D eigenvalue weighted by Crippen LogP contribution is 2.43. The van der Waals surface area contributed by atoms with E-state index in [-0.39, 0.29) is 23.7 Å². The molecule has 2 aliphatic rings. The van der Waals surface area contributed by atoms with Crippen LogP contribution < -0.4 is 10.9 Å². The Hall–Kier alpha value is -1.06. The van der Waals surface area contributed by atoms with E-state index in [0.29, 0.717) is 11.8 Å². The topological polar surface area (TPSA) is 58.2 Å². The van der Waals surface area contributed by atoms with Gasteiger partial charge in [0.15, 0.2) is 0 Å². The van der Waals surface area contributed by atoms with Crippen molar-refractivity contribution in [1.82, 2.24) is 10.9 Å². The second kappa shape index (κ2) is 7.09. The molecule has 2 saturated carbocycles. The molecule has 2 fully saturated rings. The zero-order valence-electron chi connectivity index (χ0n) is 12.8. The van der Waals surface area contributed by atoms with E-state index in [2.05, 4.69) is 24.7 Å². The van der Waals surface area contributed by atoms with Crippen molar-refractivity contribution in [3.05, 3.63) is 0 Å². The van der Waals surface area contributed by atoms with Crippen molar-refractivity contribution in [3.63, 3.8) is 0 Å². The standard InChI is InChI=1S/C16H28N2O2/c1-3-5-7-11-9-13(11)15(19)17-18-16(20)14-10-12(14)8-6-4-2/h11-14H,3-10H2,1-2H3,(H,17,19)(H,18,20)/t11-,12+,13-,14-/m0/s1. The molecule has 0 aromatic carbocycles. The van der Waals surface area contributed by atoms with Crippen LogP contribution in [0.2, 0.25) is 0 Å². The molecule has 2 N–H and O–H groups in total. The largest absolute Gasteiger partial charge is 0.273 e. The average Bonchev–Trinajstić information content (AvgIpc) is 3.34. The maximum absolute atomic E-state index is 11.9. The third-order valence-corrected chi connectivity index (χ3v) is 4.68. The van der Waals surface area contributed by atoms with E-state index >= 15 is 0 Å². The monoisotopic (exact) mass is 280 g/mol. The van der Waals surface area contributed by atoms with Crippen molar-refractivity contribution in [2.24, 2.45) is 23.7 Å². The van der Waals surface area contributed by atoms with Crippen molar-refractivity contribution in [1.29, 1.82) is 0 Å². The van der Waals surface area contributed by atoms with Crippen molar-refractivity contribution < 1.29 is 9.59 Å². The number of hydrogen-bond donors (Lipinski definition) is 2. The summed E-state index contributed by atoms with van der Waals surface area (Å²) >= 11 is 0. The molecule has 2 rings (SSSR count). The van der Waals surface area contributed by atoms with Crippen LogP contribution in [0.5, 0.6) is 0 Å². The molecule has 114 valence electrons. The third-order valence-electron chi connectivity index (χ3n) is 4.68. The highest BCUT2D eigenvalue weighted by atomic mass is 16.2. The number of rotatable bonds is 8. The first-order valence-electron chi connectivity index (χ1n) is 8.27. The van der Waals surface area contributed by atoms with Crippen LogP contribution in [0.4, 0.5) is 0 Å². The molecule has 0 bridgehead atoms. The smallest absolute Gasteiger partial charge is 0.241 e. The second-order valence-corrected chi connectivity index (χ2v) is 6.47. The summed E-state index contributed by atoms with van der Waals surface area (Å²) in [5.41, 5.74) is 5.22. The molecule has 20 heavy (non-hydrogen) atoms. The van der Waals surface area contributed by atoms with E-state index < -0.39 is 0 Å². The highest BCUT2D eigenvalue weighted by molar-refractivity contribution is 5.87. The number of hydrazine groups is 1. The van der Waals surface area contributed by atoms with Gasteiger partial charge in [-0.1, -0.05) is 39.5 Å². The molecule has 2 aliphatic carbocycles. The fraction of sp³-hybridized carbons (Fsp3) is 0.875. The van der Waals surface area contributed by atoms with E-state index in [4.69, 9.17) is 0 Å². The summed E-state index contributed by atoms with van der Waals surface area (Å²) in [6.07, 6.45) is 9.03. The number of hydrogen-bond acceptors (Lipinski definition) is 2. The molecular formula is C16H28N2O2. The summed E-state index contributed by atoms with van der Waals surface area (Å²) in [6.45, 7) is 4.34. The minimum Gasteiger partial charge on any atom is -0.273 e. The van der Waals surface area contributed by atoms with Gasteiger partial charge in [0.2, 0.25) is 11.8 Å². The van der Waals surface area contributed by atoms with Crippen molar-refractivity contribution in [3.8, 4) is 0 Å². The van der Waals surface area contributed by atoms with Gasteiger partial charge in [0.05, 0.1) is 0 Å². The number of carbonyl (C=O) groups is 2. The molecule has 2 amide bonds. The van der Waals surface area contributed by atoms with Crippen molar-refractivity contribution in [2.75, 3.05) is 0 Å². The first kappa shape index (κ1) is 15.3. The number of nitrogens with one attached hydrogen (secondary N) is 2. The summed E-state index contributed by atoms with van der Waals surface area (Å²) < 4.78 is 0. The van der Waals surface area contributed by atoms with Crippen LogP contribution in [0.3, 0.4) is 0 Å². The molecule has 0 saturated heterocycles. The minimum atomic E-state index is 0.00483. The molecule has 4 nitrogen and oxygen atoms in total. The third kappa shape index (κ3) is 4.22.